The minimum absolute atomic E-state index is 0.0291. The molecular formula is C19H19F2N3O3. The topological polar surface area (TPSA) is 84.0 Å². The number of aromatic amines is 1. The summed E-state index contributed by atoms with van der Waals surface area (Å²) in [6.07, 6.45) is 3.08. The van der Waals surface area contributed by atoms with Gasteiger partial charge in [-0.25, -0.2) is 13.6 Å². The first-order valence-electron chi connectivity index (χ1n) is 8.82. The van der Waals surface area contributed by atoms with Crippen molar-refractivity contribution in [2.45, 2.75) is 50.1 Å². The second-order valence-electron chi connectivity index (χ2n) is 7.53. The highest BCUT2D eigenvalue weighted by molar-refractivity contribution is 5.94. The number of halogens is 2. The molecule has 0 bridgehead atoms. The first kappa shape index (κ1) is 17.6. The first-order chi connectivity index (χ1) is 12.7. The molecule has 2 aromatic rings. The van der Waals surface area contributed by atoms with Gasteiger partial charge in [0.2, 0.25) is 0 Å². The summed E-state index contributed by atoms with van der Waals surface area (Å²) in [6.45, 7) is 1.47. The Morgan fingerprint density at radius 3 is 2.44 bits per heavy atom. The third-order valence-electron chi connectivity index (χ3n) is 5.46. The zero-order valence-electron chi connectivity index (χ0n) is 14.7. The summed E-state index contributed by atoms with van der Waals surface area (Å²) in [5, 5.41) is 2.63. The van der Waals surface area contributed by atoms with Crippen LogP contribution in [-0.2, 0) is 12.0 Å². The summed E-state index contributed by atoms with van der Waals surface area (Å²) >= 11 is 0. The van der Waals surface area contributed by atoms with Crippen LogP contribution in [-0.4, -0.2) is 21.4 Å². The molecule has 2 N–H and O–H groups in total. The van der Waals surface area contributed by atoms with Gasteiger partial charge < -0.3 is 5.32 Å². The van der Waals surface area contributed by atoms with Gasteiger partial charge in [0.05, 0.1) is 11.0 Å². The molecule has 1 aromatic carbocycles. The molecule has 1 aromatic heterocycles. The number of carbonyl (C=O) groups excluding carboxylic acids is 1. The maximum absolute atomic E-state index is 13.5. The second-order valence-corrected chi connectivity index (χ2v) is 7.53. The Balaban J connectivity index is 1.45. The Morgan fingerprint density at radius 1 is 1.26 bits per heavy atom. The summed E-state index contributed by atoms with van der Waals surface area (Å²) in [7, 11) is 0. The molecule has 2 aliphatic carbocycles. The molecule has 1 atom stereocenters. The van der Waals surface area contributed by atoms with Gasteiger partial charge in [-0.3, -0.25) is 19.1 Å². The average molecular weight is 375 g/mol. The van der Waals surface area contributed by atoms with E-state index in [0.29, 0.717) is 11.1 Å². The molecule has 2 saturated carbocycles. The normalized spacial score (nSPS) is 23.1. The van der Waals surface area contributed by atoms with Crippen LogP contribution in [0.2, 0.25) is 0 Å². The molecule has 0 spiro atoms. The third kappa shape index (κ3) is 3.09. The van der Waals surface area contributed by atoms with Crippen molar-refractivity contribution >= 4 is 5.91 Å². The maximum Gasteiger partial charge on any atom is 0.328 e. The van der Waals surface area contributed by atoms with Crippen LogP contribution in [0.25, 0.3) is 0 Å². The number of hydrogen-bond acceptors (Lipinski definition) is 3. The van der Waals surface area contributed by atoms with Crippen LogP contribution >= 0.6 is 0 Å². The smallest absolute Gasteiger partial charge is 0.328 e. The predicted octanol–water partition coefficient (Wildman–Crippen LogP) is 2.10. The molecule has 4 rings (SSSR count). The Labute approximate surface area is 153 Å². The number of carbonyl (C=O) groups is 1. The zero-order valence-corrected chi connectivity index (χ0v) is 14.7. The van der Waals surface area contributed by atoms with E-state index in [1.807, 2.05) is 0 Å². The molecule has 1 heterocycles. The molecule has 1 unspecified atom stereocenters. The van der Waals surface area contributed by atoms with Gasteiger partial charge in [0.15, 0.2) is 0 Å². The molecule has 1 amide bonds. The lowest BCUT2D eigenvalue weighted by Crippen LogP contribution is -2.34. The number of hydrogen-bond donors (Lipinski definition) is 2. The van der Waals surface area contributed by atoms with E-state index in [-0.39, 0.29) is 24.6 Å². The van der Waals surface area contributed by atoms with Gasteiger partial charge in [-0.1, -0.05) is 12.1 Å². The van der Waals surface area contributed by atoms with Crippen LogP contribution in [0.4, 0.5) is 8.78 Å². The van der Waals surface area contributed by atoms with E-state index in [9.17, 15) is 23.2 Å². The Hall–Kier alpha value is -2.77. The predicted molar refractivity (Wildman–Crippen MR) is 94.1 cm³/mol. The van der Waals surface area contributed by atoms with E-state index in [0.717, 1.165) is 12.8 Å². The van der Waals surface area contributed by atoms with Gasteiger partial charge in [0.1, 0.15) is 0 Å². The van der Waals surface area contributed by atoms with Crippen LogP contribution in [0.3, 0.4) is 0 Å². The lowest BCUT2D eigenvalue weighted by Gasteiger charge is -2.11. The van der Waals surface area contributed by atoms with E-state index >= 15 is 0 Å². The van der Waals surface area contributed by atoms with Crippen LogP contribution in [0.5, 0.6) is 0 Å². The summed E-state index contributed by atoms with van der Waals surface area (Å²) in [6, 6.07) is 6.18. The summed E-state index contributed by atoms with van der Waals surface area (Å²) < 4.78 is 28.4. The summed E-state index contributed by atoms with van der Waals surface area (Å²) in [4.78, 5) is 38.2. The van der Waals surface area contributed by atoms with E-state index in [4.69, 9.17) is 0 Å². The fourth-order valence-corrected chi connectivity index (χ4v) is 3.26. The largest absolute Gasteiger partial charge is 0.348 e. The number of H-pyrrole nitrogens is 1. The van der Waals surface area contributed by atoms with E-state index < -0.39 is 28.5 Å². The third-order valence-corrected chi connectivity index (χ3v) is 5.46. The van der Waals surface area contributed by atoms with Crippen molar-refractivity contribution in [1.29, 1.82) is 0 Å². The Kier molecular flexibility index (Phi) is 3.83. The fourth-order valence-electron chi connectivity index (χ4n) is 3.26. The number of aromatic nitrogens is 2. The van der Waals surface area contributed by atoms with Crippen LogP contribution in [0, 0.1) is 0 Å². The summed E-state index contributed by atoms with van der Waals surface area (Å²) in [5.74, 6) is -3.12. The molecule has 2 fully saturated rings. The standard InChI is InChI=1S/C19H19F2N3O3/c1-18(10-19(18,20)21)13-4-2-11(3-5-13)15(25)22-8-12-9-24(14-6-7-14)17(27)23-16(12)26/h2-5,9,14H,6-8,10H2,1H3,(H,22,25)(H,23,26,27). The van der Waals surface area contributed by atoms with Crippen molar-refractivity contribution in [3.05, 3.63) is 68.0 Å². The second kappa shape index (κ2) is 5.87. The van der Waals surface area contributed by atoms with Gasteiger partial charge >= 0.3 is 5.69 Å². The van der Waals surface area contributed by atoms with E-state index in [1.165, 1.54) is 42.0 Å². The van der Waals surface area contributed by atoms with Crippen LogP contribution < -0.4 is 16.6 Å². The molecular weight excluding hydrogens is 356 g/mol. The number of rotatable bonds is 5. The molecule has 0 saturated heterocycles. The molecule has 0 aliphatic heterocycles. The highest BCUT2D eigenvalue weighted by Crippen LogP contribution is 2.61. The number of amides is 1. The molecule has 27 heavy (non-hydrogen) atoms. The fraction of sp³-hybridized carbons (Fsp3) is 0.421. The Morgan fingerprint density at radius 2 is 1.89 bits per heavy atom. The molecule has 2 aliphatic rings. The molecule has 0 radical (unpaired) electrons. The monoisotopic (exact) mass is 375 g/mol. The van der Waals surface area contributed by atoms with Gasteiger partial charge in [-0.15, -0.1) is 0 Å². The van der Waals surface area contributed by atoms with E-state index in [2.05, 4.69) is 10.3 Å². The van der Waals surface area contributed by atoms with Gasteiger partial charge in [-0.2, -0.15) is 0 Å². The van der Waals surface area contributed by atoms with Gasteiger partial charge in [-0.05, 0) is 37.5 Å². The van der Waals surface area contributed by atoms with Crippen molar-refractivity contribution in [2.24, 2.45) is 0 Å². The van der Waals surface area contributed by atoms with Gasteiger partial charge in [0.25, 0.3) is 17.4 Å². The van der Waals surface area contributed by atoms with Crippen molar-refractivity contribution in [3.63, 3.8) is 0 Å². The number of alkyl halides is 2. The molecule has 8 heteroatoms. The van der Waals surface area contributed by atoms with Crippen molar-refractivity contribution in [1.82, 2.24) is 14.9 Å². The van der Waals surface area contributed by atoms with Crippen molar-refractivity contribution in [2.75, 3.05) is 0 Å². The Bertz CT molecular complexity index is 1020. The summed E-state index contributed by atoms with van der Waals surface area (Å²) in [5.41, 5.74) is -1.03. The molecule has 142 valence electrons. The lowest BCUT2D eigenvalue weighted by atomic mass is 9.96. The van der Waals surface area contributed by atoms with Crippen molar-refractivity contribution in [3.8, 4) is 0 Å². The van der Waals surface area contributed by atoms with Crippen LogP contribution in [0.15, 0.2) is 40.1 Å². The van der Waals surface area contributed by atoms with Crippen molar-refractivity contribution < 1.29 is 13.6 Å². The van der Waals surface area contributed by atoms with Crippen LogP contribution in [0.1, 0.15) is 53.7 Å². The lowest BCUT2D eigenvalue weighted by molar-refractivity contribution is 0.0920. The zero-order chi connectivity index (χ0) is 19.4. The SMILES string of the molecule is CC1(c2ccc(C(=O)NCc3cn(C4CC4)c(=O)[nH]c3=O)cc2)CC1(F)F. The van der Waals surface area contributed by atoms with Gasteiger partial charge in [0, 0.05) is 30.8 Å². The minimum atomic E-state index is -2.71. The molecule has 6 nitrogen and oxygen atoms in total. The highest BCUT2D eigenvalue weighted by Gasteiger charge is 2.68. The number of nitrogens with zero attached hydrogens (tertiary/aromatic N) is 1. The number of benzene rings is 1. The quantitative estimate of drug-likeness (QED) is 0.839. The maximum atomic E-state index is 13.5. The minimum Gasteiger partial charge on any atom is -0.348 e. The first-order valence-corrected chi connectivity index (χ1v) is 8.82. The highest BCUT2D eigenvalue weighted by atomic mass is 19.3. The number of nitrogens with one attached hydrogen (secondary N) is 2. The van der Waals surface area contributed by atoms with E-state index in [1.54, 1.807) is 0 Å². The average Bonchev–Trinajstić information content (AvgIpc) is 3.52.